The van der Waals surface area contributed by atoms with Crippen molar-refractivity contribution in [3.8, 4) is 0 Å². The number of amides is 1. The van der Waals surface area contributed by atoms with E-state index in [1.807, 2.05) is 4.90 Å². The Morgan fingerprint density at radius 2 is 1.79 bits per heavy atom. The van der Waals surface area contributed by atoms with E-state index in [4.69, 9.17) is 4.74 Å². The molecule has 2 aliphatic carbocycles. The van der Waals surface area contributed by atoms with Crippen LogP contribution in [0.25, 0.3) is 0 Å². The second kappa shape index (κ2) is 8.17. The smallest absolute Gasteiger partial charge is 0.328 e. The van der Waals surface area contributed by atoms with Crippen molar-refractivity contribution in [1.82, 2.24) is 4.90 Å². The molecule has 0 radical (unpaired) electrons. The molecule has 2 fully saturated rings. The normalized spacial score (nSPS) is 31.2. The molecule has 4 nitrogen and oxygen atoms in total. The number of hydrogen-bond donors (Lipinski definition) is 0. The first-order valence-corrected chi connectivity index (χ1v) is 9.79. The van der Waals surface area contributed by atoms with Crippen molar-refractivity contribution in [2.45, 2.75) is 70.8 Å². The Bertz CT molecular complexity index is 481. The van der Waals surface area contributed by atoms with Gasteiger partial charge >= 0.3 is 5.97 Å². The molecule has 1 aliphatic heterocycles. The highest BCUT2D eigenvalue weighted by Gasteiger charge is 2.38. The van der Waals surface area contributed by atoms with Gasteiger partial charge in [0.25, 0.3) is 0 Å². The second-order valence-electron chi connectivity index (χ2n) is 7.83. The highest BCUT2D eigenvalue weighted by atomic mass is 16.5. The predicted octanol–water partition coefficient (Wildman–Crippen LogP) is 3.70. The molecule has 0 unspecified atom stereocenters. The summed E-state index contributed by atoms with van der Waals surface area (Å²) in [7, 11) is 0. The van der Waals surface area contributed by atoms with Crippen molar-refractivity contribution in [3.05, 3.63) is 12.2 Å². The van der Waals surface area contributed by atoms with Crippen LogP contribution in [0.2, 0.25) is 0 Å². The van der Waals surface area contributed by atoms with Crippen molar-refractivity contribution in [3.63, 3.8) is 0 Å². The first kappa shape index (κ1) is 17.5. The Balaban J connectivity index is 1.53. The van der Waals surface area contributed by atoms with Gasteiger partial charge in [-0.15, -0.1) is 0 Å². The number of carbonyl (C=O) groups excluding carboxylic acids is 2. The van der Waals surface area contributed by atoms with Crippen LogP contribution in [0.4, 0.5) is 0 Å². The van der Waals surface area contributed by atoms with E-state index in [2.05, 4.69) is 19.1 Å². The maximum atomic E-state index is 12.8. The molecule has 1 amide bonds. The topological polar surface area (TPSA) is 46.6 Å². The summed E-state index contributed by atoms with van der Waals surface area (Å²) in [6.07, 6.45) is 13.6. The van der Waals surface area contributed by atoms with Crippen LogP contribution in [0, 0.1) is 17.8 Å². The largest absolute Gasteiger partial charge is 0.464 e. The molecular formula is C20H31NO3. The summed E-state index contributed by atoms with van der Waals surface area (Å²) in [5.74, 6) is 1.13. The Kier molecular flexibility index (Phi) is 5.96. The Labute approximate surface area is 145 Å². The predicted molar refractivity (Wildman–Crippen MR) is 93.3 cm³/mol. The van der Waals surface area contributed by atoms with E-state index in [0.717, 1.165) is 57.9 Å². The van der Waals surface area contributed by atoms with Gasteiger partial charge in [0.05, 0.1) is 6.61 Å². The number of hydrogen-bond acceptors (Lipinski definition) is 3. The molecule has 0 aromatic carbocycles. The molecule has 1 heterocycles. The van der Waals surface area contributed by atoms with Crippen LogP contribution >= 0.6 is 0 Å². The van der Waals surface area contributed by atoms with Crippen molar-refractivity contribution in [1.29, 1.82) is 0 Å². The quantitative estimate of drug-likeness (QED) is 0.582. The van der Waals surface area contributed by atoms with Crippen molar-refractivity contribution in [2.24, 2.45) is 17.8 Å². The van der Waals surface area contributed by atoms with Gasteiger partial charge in [-0.1, -0.05) is 38.3 Å². The standard InChI is InChI=1S/C20H31NO3/c1-15-8-5-6-11-17(15)14-24-20(23)18-12-7-13-21(18)19(22)16-9-3-2-4-10-16/h5-6,15-18H,2-4,7-14H2,1H3/t15-,17+,18+/m1/s1. The molecule has 0 aromatic rings. The lowest BCUT2D eigenvalue weighted by atomic mass is 9.85. The third-order valence-electron chi connectivity index (χ3n) is 6.12. The number of nitrogens with zero attached hydrogens (tertiary/aromatic N) is 1. The lowest BCUT2D eigenvalue weighted by Gasteiger charge is -2.30. The maximum Gasteiger partial charge on any atom is 0.328 e. The zero-order valence-corrected chi connectivity index (χ0v) is 14.9. The Hall–Kier alpha value is -1.32. The van der Waals surface area contributed by atoms with Crippen molar-refractivity contribution in [2.75, 3.05) is 13.2 Å². The number of ether oxygens (including phenoxy) is 1. The molecule has 3 aliphatic rings. The van der Waals surface area contributed by atoms with E-state index in [1.165, 1.54) is 6.42 Å². The fourth-order valence-electron chi connectivity index (χ4n) is 4.38. The molecule has 24 heavy (non-hydrogen) atoms. The average molecular weight is 333 g/mol. The minimum atomic E-state index is -0.339. The van der Waals surface area contributed by atoms with Gasteiger partial charge in [-0.2, -0.15) is 0 Å². The average Bonchev–Trinajstić information content (AvgIpc) is 3.10. The zero-order chi connectivity index (χ0) is 16.9. The minimum Gasteiger partial charge on any atom is -0.464 e. The lowest BCUT2D eigenvalue weighted by Crippen LogP contribution is -2.45. The van der Waals surface area contributed by atoms with E-state index in [9.17, 15) is 9.59 Å². The lowest BCUT2D eigenvalue weighted by molar-refractivity contribution is -0.156. The number of allylic oxidation sites excluding steroid dienone is 2. The van der Waals surface area contributed by atoms with Gasteiger partial charge in [-0.05, 0) is 50.4 Å². The molecule has 0 bridgehead atoms. The van der Waals surface area contributed by atoms with Crippen molar-refractivity contribution < 1.29 is 14.3 Å². The highest BCUT2D eigenvalue weighted by molar-refractivity contribution is 5.86. The molecule has 1 saturated carbocycles. The maximum absolute atomic E-state index is 12.8. The summed E-state index contributed by atoms with van der Waals surface area (Å²) in [5, 5.41) is 0. The molecule has 0 spiro atoms. The van der Waals surface area contributed by atoms with Crippen LogP contribution in [0.3, 0.4) is 0 Å². The molecule has 3 atom stereocenters. The number of esters is 1. The summed E-state index contributed by atoms with van der Waals surface area (Å²) < 4.78 is 5.64. The van der Waals surface area contributed by atoms with Gasteiger partial charge in [0, 0.05) is 12.5 Å². The third kappa shape index (κ3) is 4.01. The SMILES string of the molecule is C[C@@H]1CC=CC[C@H]1COC(=O)[C@@H]1CCCN1C(=O)C1CCCCC1. The van der Waals surface area contributed by atoms with E-state index >= 15 is 0 Å². The monoisotopic (exact) mass is 333 g/mol. The van der Waals surface area contributed by atoms with Crippen LogP contribution in [0.1, 0.15) is 64.7 Å². The first-order chi connectivity index (χ1) is 11.7. The summed E-state index contributed by atoms with van der Waals surface area (Å²) in [6.45, 7) is 3.43. The van der Waals surface area contributed by atoms with Crippen LogP contribution in [0.5, 0.6) is 0 Å². The fraction of sp³-hybridized carbons (Fsp3) is 0.800. The fourth-order valence-corrected chi connectivity index (χ4v) is 4.38. The second-order valence-corrected chi connectivity index (χ2v) is 7.83. The van der Waals surface area contributed by atoms with Gasteiger partial charge in [-0.3, -0.25) is 4.79 Å². The first-order valence-electron chi connectivity index (χ1n) is 9.79. The van der Waals surface area contributed by atoms with E-state index in [1.54, 1.807) is 0 Å². The molecule has 1 saturated heterocycles. The van der Waals surface area contributed by atoms with Crippen molar-refractivity contribution >= 4 is 11.9 Å². The van der Waals surface area contributed by atoms with Crippen LogP contribution < -0.4 is 0 Å². The zero-order valence-electron chi connectivity index (χ0n) is 14.9. The van der Waals surface area contributed by atoms with Gasteiger partial charge in [0.1, 0.15) is 6.04 Å². The Morgan fingerprint density at radius 1 is 1.04 bits per heavy atom. The van der Waals surface area contributed by atoms with Crippen LogP contribution in [-0.4, -0.2) is 36.0 Å². The molecular weight excluding hydrogens is 302 g/mol. The molecule has 134 valence electrons. The summed E-state index contributed by atoms with van der Waals surface area (Å²) in [4.78, 5) is 27.2. The van der Waals surface area contributed by atoms with Gasteiger partial charge in [-0.25, -0.2) is 4.79 Å². The van der Waals surface area contributed by atoms with Gasteiger partial charge in [0.15, 0.2) is 0 Å². The molecule has 0 N–H and O–H groups in total. The van der Waals surface area contributed by atoms with Crippen LogP contribution in [0.15, 0.2) is 12.2 Å². The minimum absolute atomic E-state index is 0.135. The Morgan fingerprint density at radius 3 is 2.54 bits per heavy atom. The molecule has 0 aromatic heterocycles. The summed E-state index contributed by atoms with van der Waals surface area (Å²) >= 11 is 0. The number of rotatable bonds is 4. The van der Waals surface area contributed by atoms with Crippen LogP contribution in [-0.2, 0) is 14.3 Å². The number of carbonyl (C=O) groups is 2. The highest BCUT2D eigenvalue weighted by Crippen LogP contribution is 2.30. The molecule has 3 rings (SSSR count). The van der Waals surface area contributed by atoms with Gasteiger partial charge < -0.3 is 9.64 Å². The van der Waals surface area contributed by atoms with E-state index < -0.39 is 0 Å². The molecule has 4 heteroatoms. The summed E-state index contributed by atoms with van der Waals surface area (Å²) in [5.41, 5.74) is 0. The third-order valence-corrected chi connectivity index (χ3v) is 6.12. The number of likely N-dealkylation sites (tertiary alicyclic amines) is 1. The van der Waals surface area contributed by atoms with E-state index in [-0.39, 0.29) is 23.8 Å². The van der Waals surface area contributed by atoms with Gasteiger partial charge in [0.2, 0.25) is 5.91 Å². The van der Waals surface area contributed by atoms with E-state index in [0.29, 0.717) is 18.4 Å². The summed E-state index contributed by atoms with van der Waals surface area (Å²) in [6, 6.07) is -0.339.